The topological polar surface area (TPSA) is 44.8 Å². The minimum Gasteiger partial charge on any atom is -0.494 e. The van der Waals surface area contributed by atoms with Crippen molar-refractivity contribution in [3.05, 3.63) is 41.7 Å². The molecule has 3 rings (SSSR count). The van der Waals surface area contributed by atoms with Crippen molar-refractivity contribution in [3.8, 4) is 11.5 Å². The van der Waals surface area contributed by atoms with Crippen LogP contribution in [-0.2, 0) is 9.53 Å². The highest BCUT2D eigenvalue weighted by atomic mass is 16.5. The third kappa shape index (κ3) is 3.45. The summed E-state index contributed by atoms with van der Waals surface area (Å²) in [4.78, 5) is 12.9. The predicted molar refractivity (Wildman–Crippen MR) is 112 cm³/mol. The zero-order valence-corrected chi connectivity index (χ0v) is 17.7. The van der Waals surface area contributed by atoms with E-state index in [1.54, 1.807) is 14.2 Å². The molecule has 1 aromatic carbocycles. The molecule has 2 atom stereocenters. The van der Waals surface area contributed by atoms with Gasteiger partial charge in [0.1, 0.15) is 11.2 Å². The van der Waals surface area contributed by atoms with Crippen molar-refractivity contribution in [1.82, 2.24) is 0 Å². The van der Waals surface area contributed by atoms with E-state index in [9.17, 15) is 4.79 Å². The molecule has 2 aliphatic carbocycles. The molecule has 4 nitrogen and oxygen atoms in total. The second-order valence-corrected chi connectivity index (χ2v) is 7.99. The maximum absolute atomic E-state index is 12.9. The number of ketones is 1. The van der Waals surface area contributed by atoms with Gasteiger partial charge in [0, 0.05) is 6.42 Å². The molecule has 0 spiro atoms. The van der Waals surface area contributed by atoms with Crippen LogP contribution in [0.15, 0.2) is 36.1 Å². The van der Waals surface area contributed by atoms with Gasteiger partial charge in [-0.05, 0) is 55.9 Å². The number of unbranched alkanes of at least 4 members (excludes halogenated alkanes) is 2. The Labute approximate surface area is 168 Å². The summed E-state index contributed by atoms with van der Waals surface area (Å²) in [5, 5.41) is 0. The number of fused-ring (bicyclic) bond motifs is 1. The minimum absolute atomic E-state index is 0.0122. The standard InChI is InChI=1S/C24H32O4/c1-6-7-8-9-12-24-18(15-22(24)25)14-19(23(24)28-16(2)3)17-10-11-20(26-4)21(13-17)27-5/h9-13,16,18H,6-8,14-15H2,1-5H3/b12-9+/t18-,24-/m0/s1. The van der Waals surface area contributed by atoms with Gasteiger partial charge >= 0.3 is 0 Å². The predicted octanol–water partition coefficient (Wildman–Crippen LogP) is 5.57. The van der Waals surface area contributed by atoms with Crippen LogP contribution in [0, 0.1) is 11.3 Å². The van der Waals surface area contributed by atoms with Gasteiger partial charge in [0.25, 0.3) is 0 Å². The molecule has 152 valence electrons. The molecule has 28 heavy (non-hydrogen) atoms. The molecule has 0 amide bonds. The number of carbonyl (C=O) groups excluding carboxylic acids is 1. The molecule has 0 heterocycles. The molecule has 1 saturated carbocycles. The number of allylic oxidation sites excluding steroid dienone is 3. The first-order chi connectivity index (χ1) is 13.5. The summed E-state index contributed by atoms with van der Waals surface area (Å²) in [5.74, 6) is 2.79. The van der Waals surface area contributed by atoms with Crippen molar-refractivity contribution in [2.24, 2.45) is 11.3 Å². The van der Waals surface area contributed by atoms with E-state index in [2.05, 4.69) is 19.1 Å². The lowest BCUT2D eigenvalue weighted by Gasteiger charge is -2.42. The average molecular weight is 385 g/mol. The fourth-order valence-electron chi connectivity index (χ4n) is 4.36. The molecule has 0 saturated heterocycles. The summed E-state index contributed by atoms with van der Waals surface area (Å²) in [6.45, 7) is 6.22. The molecule has 4 heteroatoms. The number of Topliss-reactive ketones (excluding diaryl/α,β-unsaturated/α-hetero) is 1. The van der Waals surface area contributed by atoms with Gasteiger partial charge in [-0.25, -0.2) is 0 Å². The lowest BCUT2D eigenvalue weighted by atomic mass is 9.60. The highest BCUT2D eigenvalue weighted by Gasteiger charge is 2.61. The Morgan fingerprint density at radius 3 is 2.54 bits per heavy atom. The average Bonchev–Trinajstić information content (AvgIpc) is 2.92. The molecule has 0 bridgehead atoms. The van der Waals surface area contributed by atoms with Gasteiger partial charge in [0.2, 0.25) is 0 Å². The third-order valence-corrected chi connectivity index (χ3v) is 5.83. The van der Waals surface area contributed by atoms with E-state index in [0.717, 1.165) is 42.6 Å². The smallest absolute Gasteiger partial charge is 0.161 e. The van der Waals surface area contributed by atoms with Crippen LogP contribution in [0.3, 0.4) is 0 Å². The Balaban J connectivity index is 2.06. The van der Waals surface area contributed by atoms with Crippen molar-refractivity contribution in [1.29, 1.82) is 0 Å². The molecule has 1 aromatic rings. The van der Waals surface area contributed by atoms with Gasteiger partial charge in [-0.3, -0.25) is 4.79 Å². The van der Waals surface area contributed by atoms with Crippen molar-refractivity contribution in [3.63, 3.8) is 0 Å². The van der Waals surface area contributed by atoms with Crippen LogP contribution in [0.1, 0.15) is 58.4 Å². The van der Waals surface area contributed by atoms with Crippen LogP contribution < -0.4 is 9.47 Å². The first kappa shape index (κ1) is 20.5. The van der Waals surface area contributed by atoms with Crippen molar-refractivity contribution in [2.45, 2.75) is 59.0 Å². The number of hydrogen-bond donors (Lipinski definition) is 0. The van der Waals surface area contributed by atoms with Crippen molar-refractivity contribution in [2.75, 3.05) is 14.2 Å². The monoisotopic (exact) mass is 384 g/mol. The lowest BCUT2D eigenvalue weighted by Crippen LogP contribution is -2.47. The summed E-state index contributed by atoms with van der Waals surface area (Å²) in [6.07, 6.45) is 9.08. The second kappa shape index (κ2) is 8.42. The Kier molecular flexibility index (Phi) is 6.17. The molecule has 0 aliphatic heterocycles. The Hall–Kier alpha value is -2.23. The number of carbonyl (C=O) groups is 1. The molecule has 2 aliphatic rings. The molecule has 0 aromatic heterocycles. The van der Waals surface area contributed by atoms with Gasteiger partial charge in [-0.1, -0.05) is 38.0 Å². The van der Waals surface area contributed by atoms with Crippen molar-refractivity contribution >= 4 is 11.4 Å². The van der Waals surface area contributed by atoms with Crippen LogP contribution in [-0.4, -0.2) is 26.1 Å². The Morgan fingerprint density at radius 2 is 1.93 bits per heavy atom. The van der Waals surface area contributed by atoms with Crippen LogP contribution in [0.2, 0.25) is 0 Å². The molecule has 0 radical (unpaired) electrons. The molecular weight excluding hydrogens is 352 g/mol. The largest absolute Gasteiger partial charge is 0.494 e. The van der Waals surface area contributed by atoms with E-state index < -0.39 is 5.41 Å². The van der Waals surface area contributed by atoms with Crippen molar-refractivity contribution < 1.29 is 19.0 Å². The summed E-state index contributed by atoms with van der Waals surface area (Å²) in [5.41, 5.74) is 1.57. The fraction of sp³-hybridized carbons (Fsp3) is 0.542. The first-order valence-electron chi connectivity index (χ1n) is 10.3. The van der Waals surface area contributed by atoms with Gasteiger partial charge < -0.3 is 14.2 Å². The van der Waals surface area contributed by atoms with E-state index in [4.69, 9.17) is 14.2 Å². The quantitative estimate of drug-likeness (QED) is 0.413. The summed E-state index contributed by atoms with van der Waals surface area (Å²) >= 11 is 0. The van der Waals surface area contributed by atoms with Crippen LogP contribution in [0.5, 0.6) is 11.5 Å². The van der Waals surface area contributed by atoms with Gasteiger partial charge in [0.15, 0.2) is 17.3 Å². The summed E-state index contributed by atoms with van der Waals surface area (Å²) in [6, 6.07) is 5.94. The van der Waals surface area contributed by atoms with E-state index in [0.29, 0.717) is 17.9 Å². The number of ether oxygens (including phenoxy) is 3. The number of benzene rings is 1. The zero-order chi connectivity index (χ0) is 20.3. The maximum atomic E-state index is 12.9. The second-order valence-electron chi connectivity index (χ2n) is 7.99. The molecule has 0 N–H and O–H groups in total. The SMILES string of the molecule is CCCC/C=C/[C@@]12C(=O)C[C@@H]1CC(c1ccc(OC)c(OC)c1)=C2OC(C)C. The van der Waals surface area contributed by atoms with Gasteiger partial charge in [-0.15, -0.1) is 0 Å². The Bertz CT molecular complexity index is 790. The van der Waals surface area contributed by atoms with Gasteiger partial charge in [-0.2, -0.15) is 0 Å². The third-order valence-electron chi connectivity index (χ3n) is 5.83. The minimum atomic E-state index is -0.583. The van der Waals surface area contributed by atoms with Gasteiger partial charge in [0.05, 0.1) is 20.3 Å². The number of methoxy groups -OCH3 is 2. The van der Waals surface area contributed by atoms with Crippen LogP contribution in [0.25, 0.3) is 5.57 Å². The summed E-state index contributed by atoms with van der Waals surface area (Å²) < 4.78 is 17.2. The maximum Gasteiger partial charge on any atom is 0.161 e. The van der Waals surface area contributed by atoms with E-state index in [-0.39, 0.29) is 17.8 Å². The normalized spacial score (nSPS) is 23.9. The first-order valence-corrected chi connectivity index (χ1v) is 10.3. The van der Waals surface area contributed by atoms with E-state index in [1.165, 1.54) is 0 Å². The Morgan fingerprint density at radius 1 is 1.18 bits per heavy atom. The van der Waals surface area contributed by atoms with E-state index >= 15 is 0 Å². The molecule has 0 unspecified atom stereocenters. The highest BCUT2D eigenvalue weighted by molar-refractivity contribution is 6.01. The summed E-state index contributed by atoms with van der Waals surface area (Å²) in [7, 11) is 3.27. The molecular formula is C24H32O4. The number of hydrogen-bond acceptors (Lipinski definition) is 4. The highest BCUT2D eigenvalue weighted by Crippen LogP contribution is 2.61. The van der Waals surface area contributed by atoms with E-state index in [1.807, 2.05) is 32.0 Å². The van der Waals surface area contributed by atoms with Crippen LogP contribution >= 0.6 is 0 Å². The van der Waals surface area contributed by atoms with Crippen LogP contribution in [0.4, 0.5) is 0 Å². The number of rotatable bonds is 9. The fourth-order valence-corrected chi connectivity index (χ4v) is 4.36. The molecule has 1 fully saturated rings. The zero-order valence-electron chi connectivity index (χ0n) is 17.7. The lowest BCUT2D eigenvalue weighted by molar-refractivity contribution is -0.140.